The van der Waals surface area contributed by atoms with Crippen LogP contribution in [0.2, 0.25) is 0 Å². The molecule has 1 aliphatic heterocycles. The number of benzene rings is 2. The minimum Gasteiger partial charge on any atom is -0.354 e. The fourth-order valence-corrected chi connectivity index (χ4v) is 5.10. The number of aryl methyl sites for hydroxylation is 1. The van der Waals surface area contributed by atoms with Crippen molar-refractivity contribution in [3.05, 3.63) is 77.4 Å². The molecule has 1 saturated heterocycles. The van der Waals surface area contributed by atoms with Crippen LogP contribution in [-0.4, -0.2) is 41.0 Å². The van der Waals surface area contributed by atoms with Crippen molar-refractivity contribution in [1.82, 2.24) is 14.9 Å². The molecule has 0 spiro atoms. The Labute approximate surface area is 195 Å². The van der Waals surface area contributed by atoms with Crippen molar-refractivity contribution >= 4 is 17.3 Å². The Bertz CT molecular complexity index is 1090. The van der Waals surface area contributed by atoms with Crippen LogP contribution in [0.15, 0.2) is 54.9 Å². The lowest BCUT2D eigenvalue weighted by molar-refractivity contribution is 0.198. The Morgan fingerprint density at radius 1 is 1.03 bits per heavy atom. The van der Waals surface area contributed by atoms with Crippen molar-refractivity contribution < 1.29 is 4.39 Å². The van der Waals surface area contributed by atoms with Crippen LogP contribution in [0.3, 0.4) is 0 Å². The second-order valence-corrected chi connectivity index (χ2v) is 9.43. The molecule has 6 heteroatoms. The van der Waals surface area contributed by atoms with Crippen molar-refractivity contribution in [1.29, 1.82) is 0 Å². The second kappa shape index (κ2) is 9.48. The third kappa shape index (κ3) is 4.86. The summed E-state index contributed by atoms with van der Waals surface area (Å²) < 4.78 is 13.3. The molecule has 2 heterocycles. The molecule has 2 aliphatic rings. The van der Waals surface area contributed by atoms with Crippen LogP contribution in [0, 0.1) is 11.7 Å². The number of rotatable bonds is 5. The quantitative estimate of drug-likeness (QED) is 0.572. The van der Waals surface area contributed by atoms with E-state index >= 15 is 0 Å². The lowest BCUT2D eigenvalue weighted by atomic mass is 9.84. The molecule has 5 nitrogen and oxygen atoms in total. The van der Waals surface area contributed by atoms with Crippen LogP contribution in [0.25, 0.3) is 0 Å². The summed E-state index contributed by atoms with van der Waals surface area (Å²) in [5.41, 5.74) is 5.21. The first-order valence-corrected chi connectivity index (χ1v) is 12.0. The molecule has 33 heavy (non-hydrogen) atoms. The van der Waals surface area contributed by atoms with Crippen LogP contribution in [0.4, 0.5) is 21.7 Å². The van der Waals surface area contributed by atoms with E-state index in [0.717, 1.165) is 62.1 Å². The maximum absolute atomic E-state index is 13.3. The number of hydrogen-bond donors (Lipinski definition) is 1. The molecule has 2 atom stereocenters. The summed E-state index contributed by atoms with van der Waals surface area (Å²) in [6.45, 7) is 8.21. The molecule has 1 aliphatic carbocycles. The van der Waals surface area contributed by atoms with Crippen molar-refractivity contribution in [2.45, 2.75) is 39.2 Å². The highest BCUT2D eigenvalue weighted by atomic mass is 19.1. The highest BCUT2D eigenvalue weighted by Gasteiger charge is 2.23. The molecule has 1 aromatic heterocycles. The topological polar surface area (TPSA) is 44.3 Å². The molecule has 2 aromatic carbocycles. The summed E-state index contributed by atoms with van der Waals surface area (Å²) in [4.78, 5) is 13.8. The second-order valence-electron chi connectivity index (χ2n) is 9.43. The van der Waals surface area contributed by atoms with Gasteiger partial charge < -0.3 is 10.2 Å². The normalized spacial score (nSPS) is 19.7. The van der Waals surface area contributed by atoms with E-state index in [1.54, 1.807) is 18.5 Å². The predicted octanol–water partition coefficient (Wildman–Crippen LogP) is 5.37. The lowest BCUT2D eigenvalue weighted by Crippen LogP contribution is -2.47. The lowest BCUT2D eigenvalue weighted by Gasteiger charge is -2.38. The Hall–Kier alpha value is -2.99. The molecule has 0 radical (unpaired) electrons. The highest BCUT2D eigenvalue weighted by Crippen LogP contribution is 2.32. The molecule has 3 aromatic rings. The molecule has 1 N–H and O–H groups in total. The first kappa shape index (κ1) is 21.8. The largest absolute Gasteiger partial charge is 0.354 e. The summed E-state index contributed by atoms with van der Waals surface area (Å²) in [7, 11) is 0. The monoisotopic (exact) mass is 445 g/mol. The fraction of sp³-hybridized carbons (Fsp3) is 0.407. The zero-order chi connectivity index (χ0) is 22.8. The van der Waals surface area contributed by atoms with E-state index in [1.807, 2.05) is 12.1 Å². The average molecular weight is 446 g/mol. The van der Waals surface area contributed by atoms with Gasteiger partial charge in [0.2, 0.25) is 0 Å². The Kier molecular flexibility index (Phi) is 6.27. The molecule has 1 unspecified atom stereocenters. The summed E-state index contributed by atoms with van der Waals surface area (Å²) in [5.74, 6) is 2.33. The number of hydrogen-bond acceptors (Lipinski definition) is 5. The van der Waals surface area contributed by atoms with Gasteiger partial charge in [-0.25, -0.2) is 14.4 Å². The number of halogens is 1. The van der Waals surface area contributed by atoms with Crippen LogP contribution >= 0.6 is 0 Å². The van der Waals surface area contributed by atoms with Crippen molar-refractivity contribution in [2.75, 3.05) is 36.4 Å². The number of anilines is 3. The first-order chi connectivity index (χ1) is 16.1. The molecule has 0 amide bonds. The van der Waals surface area contributed by atoms with Gasteiger partial charge in [0, 0.05) is 44.0 Å². The summed E-state index contributed by atoms with van der Waals surface area (Å²) in [6, 6.07) is 15.7. The predicted molar refractivity (Wildman–Crippen MR) is 132 cm³/mol. The Morgan fingerprint density at radius 2 is 1.82 bits per heavy atom. The van der Waals surface area contributed by atoms with Gasteiger partial charge in [-0.1, -0.05) is 31.2 Å². The maximum atomic E-state index is 13.3. The molecule has 0 saturated carbocycles. The first-order valence-electron chi connectivity index (χ1n) is 12.0. The van der Waals surface area contributed by atoms with E-state index in [4.69, 9.17) is 0 Å². The van der Waals surface area contributed by atoms with Gasteiger partial charge in [0.05, 0.1) is 0 Å². The van der Waals surface area contributed by atoms with Crippen LogP contribution < -0.4 is 10.2 Å². The number of piperazine rings is 1. The van der Waals surface area contributed by atoms with E-state index in [9.17, 15) is 4.39 Å². The zero-order valence-electron chi connectivity index (χ0n) is 19.5. The average Bonchev–Trinajstić information content (AvgIpc) is 2.85. The SMILES string of the molecule is CC1CCc2cccc(Nc3cc(N4CCN([C@@H](C)c5ccc(F)cc5)CC4)ncn3)c2C1. The van der Waals surface area contributed by atoms with Gasteiger partial charge in [0.25, 0.3) is 0 Å². The number of nitrogens with zero attached hydrogens (tertiary/aromatic N) is 4. The molecular formula is C27H32FN5. The van der Waals surface area contributed by atoms with Crippen LogP contribution in [0.1, 0.15) is 43.0 Å². The van der Waals surface area contributed by atoms with Crippen LogP contribution in [0.5, 0.6) is 0 Å². The molecular weight excluding hydrogens is 413 g/mol. The number of aromatic nitrogens is 2. The van der Waals surface area contributed by atoms with Crippen molar-refractivity contribution in [3.8, 4) is 0 Å². The van der Waals surface area contributed by atoms with Gasteiger partial charge >= 0.3 is 0 Å². The van der Waals surface area contributed by atoms with Gasteiger partial charge in [-0.15, -0.1) is 0 Å². The van der Waals surface area contributed by atoms with Gasteiger partial charge in [-0.05, 0) is 67.0 Å². The number of nitrogens with one attached hydrogen (secondary N) is 1. The molecule has 172 valence electrons. The van der Waals surface area contributed by atoms with Gasteiger partial charge in [0.15, 0.2) is 0 Å². The van der Waals surface area contributed by atoms with Crippen LogP contribution in [-0.2, 0) is 12.8 Å². The van der Waals surface area contributed by atoms with Gasteiger partial charge in [-0.3, -0.25) is 4.90 Å². The smallest absolute Gasteiger partial charge is 0.135 e. The van der Waals surface area contributed by atoms with Gasteiger partial charge in [-0.2, -0.15) is 0 Å². The third-order valence-electron chi connectivity index (χ3n) is 7.19. The zero-order valence-corrected chi connectivity index (χ0v) is 19.5. The summed E-state index contributed by atoms with van der Waals surface area (Å²) >= 11 is 0. The van der Waals surface area contributed by atoms with E-state index in [0.29, 0.717) is 0 Å². The van der Waals surface area contributed by atoms with E-state index in [2.05, 4.69) is 63.2 Å². The summed E-state index contributed by atoms with van der Waals surface area (Å²) in [5, 5.41) is 3.57. The van der Waals surface area contributed by atoms with Crippen molar-refractivity contribution in [2.24, 2.45) is 5.92 Å². The molecule has 5 rings (SSSR count). The highest BCUT2D eigenvalue weighted by molar-refractivity contribution is 5.65. The minimum atomic E-state index is -0.186. The van der Waals surface area contributed by atoms with E-state index in [-0.39, 0.29) is 11.9 Å². The molecule has 1 fully saturated rings. The fourth-order valence-electron chi connectivity index (χ4n) is 5.10. The Morgan fingerprint density at radius 3 is 2.61 bits per heavy atom. The molecule has 0 bridgehead atoms. The summed E-state index contributed by atoms with van der Waals surface area (Å²) in [6.07, 6.45) is 5.19. The maximum Gasteiger partial charge on any atom is 0.135 e. The van der Waals surface area contributed by atoms with E-state index < -0.39 is 0 Å². The van der Waals surface area contributed by atoms with Crippen molar-refractivity contribution in [3.63, 3.8) is 0 Å². The minimum absolute atomic E-state index is 0.186. The standard InChI is InChI=1S/C27H32FN5/c1-19-6-7-22-4-3-5-25(24(22)16-19)31-26-17-27(30-18-29-26)33-14-12-32(13-15-33)20(2)21-8-10-23(28)11-9-21/h3-5,8-11,17-20H,6-7,12-16H2,1-2H3,(H,29,30,31)/t19?,20-/m0/s1. The third-order valence-corrected chi connectivity index (χ3v) is 7.19. The number of fused-ring (bicyclic) bond motifs is 1. The Balaban J connectivity index is 1.25. The van der Waals surface area contributed by atoms with E-state index in [1.165, 1.54) is 23.2 Å². The van der Waals surface area contributed by atoms with Gasteiger partial charge in [0.1, 0.15) is 23.8 Å².